The van der Waals surface area contributed by atoms with E-state index in [1.54, 1.807) is 11.8 Å². The van der Waals surface area contributed by atoms with Crippen molar-refractivity contribution in [2.75, 3.05) is 33.4 Å². The smallest absolute Gasteiger partial charge is 0.222 e. The molecular weight excluding hydrogens is 454 g/mol. The molecule has 7 nitrogen and oxygen atoms in total. The van der Waals surface area contributed by atoms with Gasteiger partial charge in [-0.2, -0.15) is 5.10 Å². The molecule has 0 fully saturated rings. The molecule has 1 aromatic heterocycles. The van der Waals surface area contributed by atoms with E-state index in [1.807, 2.05) is 49.5 Å². The molecular formula is C29H41N3O4. The van der Waals surface area contributed by atoms with Gasteiger partial charge in [-0.15, -0.1) is 0 Å². The summed E-state index contributed by atoms with van der Waals surface area (Å²) in [5.74, 6) is 3.02. The van der Waals surface area contributed by atoms with Gasteiger partial charge in [-0.05, 0) is 36.1 Å². The number of ether oxygens (including phenoxy) is 3. The number of aliphatic hydroxyl groups is 1. The minimum Gasteiger partial charge on any atom is -0.497 e. The molecule has 0 saturated carbocycles. The maximum Gasteiger partial charge on any atom is 0.222 e. The van der Waals surface area contributed by atoms with Gasteiger partial charge in [-0.1, -0.05) is 58.0 Å². The third-order valence-electron chi connectivity index (χ3n) is 5.64. The van der Waals surface area contributed by atoms with Crippen LogP contribution in [0.5, 0.6) is 17.4 Å². The summed E-state index contributed by atoms with van der Waals surface area (Å²) in [6.07, 6.45) is -0.578. The lowest BCUT2D eigenvalue weighted by atomic mass is 10.1. The molecule has 0 aliphatic carbocycles. The zero-order valence-electron chi connectivity index (χ0n) is 22.5. The molecule has 1 heterocycles. The zero-order valence-corrected chi connectivity index (χ0v) is 22.5. The quantitative estimate of drug-likeness (QED) is 0.324. The summed E-state index contributed by atoms with van der Waals surface area (Å²) < 4.78 is 19.2. The van der Waals surface area contributed by atoms with Crippen LogP contribution in [0.2, 0.25) is 0 Å². The van der Waals surface area contributed by atoms with E-state index in [0.29, 0.717) is 49.8 Å². The van der Waals surface area contributed by atoms with Gasteiger partial charge in [0.2, 0.25) is 5.88 Å². The van der Waals surface area contributed by atoms with Gasteiger partial charge in [0.25, 0.3) is 0 Å². The Bertz CT molecular complexity index is 1050. The van der Waals surface area contributed by atoms with Crippen molar-refractivity contribution in [1.29, 1.82) is 0 Å². The molecule has 1 atom stereocenters. The predicted molar refractivity (Wildman–Crippen MR) is 143 cm³/mol. The molecule has 0 unspecified atom stereocenters. The number of aliphatic hydroxyl groups excluding tert-OH is 1. The Labute approximate surface area is 215 Å². The van der Waals surface area contributed by atoms with E-state index in [1.165, 1.54) is 0 Å². The highest BCUT2D eigenvalue weighted by atomic mass is 16.5. The summed E-state index contributed by atoms with van der Waals surface area (Å²) in [7, 11) is 3.54. The number of aryl methyl sites for hydroxylation is 1. The van der Waals surface area contributed by atoms with Crippen LogP contribution in [0.15, 0.2) is 54.6 Å². The highest BCUT2D eigenvalue weighted by Gasteiger charge is 2.24. The molecule has 36 heavy (non-hydrogen) atoms. The molecule has 196 valence electrons. The van der Waals surface area contributed by atoms with Crippen molar-refractivity contribution in [1.82, 2.24) is 14.7 Å². The molecule has 1 N–H and O–H groups in total. The minimum absolute atomic E-state index is 0.320. The van der Waals surface area contributed by atoms with Crippen LogP contribution in [0, 0.1) is 11.8 Å². The molecule has 3 aromatic rings. The summed E-state index contributed by atoms with van der Waals surface area (Å²) in [5.41, 5.74) is 2.88. The van der Waals surface area contributed by atoms with Crippen LogP contribution < -0.4 is 9.47 Å². The van der Waals surface area contributed by atoms with Crippen LogP contribution in [0.4, 0.5) is 0 Å². The predicted octanol–water partition coefficient (Wildman–Crippen LogP) is 5.38. The van der Waals surface area contributed by atoms with Gasteiger partial charge in [0.15, 0.2) is 0 Å². The molecule has 2 aromatic carbocycles. The van der Waals surface area contributed by atoms with E-state index in [-0.39, 0.29) is 0 Å². The Balaban J connectivity index is 1.91. The van der Waals surface area contributed by atoms with Crippen LogP contribution in [-0.4, -0.2) is 59.3 Å². The van der Waals surface area contributed by atoms with Crippen molar-refractivity contribution >= 4 is 0 Å². The standard InChI is InChI=1S/C29H41N3O4/c1-21(2)16-32(17-24(33)20-35-19-22(3)4)18-27-28(23-10-8-7-9-11-23)30-31(5)29(27)36-26-14-12-25(34-6)13-15-26/h7-15,21-22,24,33H,16-20H2,1-6H3/t24-/m1/s1. The lowest BCUT2D eigenvalue weighted by molar-refractivity contribution is 0.00516. The summed E-state index contributed by atoms with van der Waals surface area (Å²) in [5, 5.41) is 15.6. The summed E-state index contributed by atoms with van der Waals surface area (Å²) in [6.45, 7) is 11.5. The first-order valence-corrected chi connectivity index (χ1v) is 12.7. The third-order valence-corrected chi connectivity index (χ3v) is 5.64. The van der Waals surface area contributed by atoms with Gasteiger partial charge >= 0.3 is 0 Å². The number of aromatic nitrogens is 2. The van der Waals surface area contributed by atoms with Crippen LogP contribution in [0.1, 0.15) is 33.3 Å². The summed E-state index contributed by atoms with van der Waals surface area (Å²) in [4.78, 5) is 2.26. The van der Waals surface area contributed by atoms with Gasteiger partial charge < -0.3 is 19.3 Å². The van der Waals surface area contributed by atoms with Gasteiger partial charge in [0.1, 0.15) is 17.2 Å². The average molecular weight is 496 g/mol. The molecule has 0 aliphatic rings. The minimum atomic E-state index is -0.578. The van der Waals surface area contributed by atoms with Gasteiger partial charge in [-0.3, -0.25) is 4.90 Å². The average Bonchev–Trinajstić information content (AvgIpc) is 3.14. The number of methoxy groups -OCH3 is 1. The maximum atomic E-state index is 10.7. The summed E-state index contributed by atoms with van der Waals surface area (Å²) in [6, 6.07) is 17.7. The number of hydrogen-bond acceptors (Lipinski definition) is 6. The Morgan fingerprint density at radius 2 is 1.56 bits per heavy atom. The molecule has 7 heteroatoms. The van der Waals surface area contributed by atoms with E-state index in [4.69, 9.17) is 19.3 Å². The second kappa shape index (κ2) is 13.4. The molecule has 0 aliphatic heterocycles. The number of rotatable bonds is 14. The Morgan fingerprint density at radius 1 is 0.889 bits per heavy atom. The largest absolute Gasteiger partial charge is 0.497 e. The normalized spacial score (nSPS) is 12.5. The first kappa shape index (κ1) is 27.7. The Hall–Kier alpha value is -2.87. The van der Waals surface area contributed by atoms with E-state index in [9.17, 15) is 5.11 Å². The highest BCUT2D eigenvalue weighted by molar-refractivity contribution is 5.65. The van der Waals surface area contributed by atoms with Crippen molar-refractivity contribution < 1.29 is 19.3 Å². The molecule has 0 amide bonds. The van der Waals surface area contributed by atoms with E-state index in [0.717, 1.165) is 29.1 Å². The Morgan fingerprint density at radius 3 is 2.17 bits per heavy atom. The first-order chi connectivity index (χ1) is 17.3. The van der Waals surface area contributed by atoms with Crippen molar-refractivity contribution in [3.63, 3.8) is 0 Å². The van der Waals surface area contributed by atoms with Crippen molar-refractivity contribution in [2.24, 2.45) is 18.9 Å². The second-order valence-corrected chi connectivity index (χ2v) is 10.1. The zero-order chi connectivity index (χ0) is 26.1. The van der Waals surface area contributed by atoms with Crippen molar-refractivity contribution in [3.8, 4) is 28.6 Å². The van der Waals surface area contributed by atoms with Crippen LogP contribution in [-0.2, 0) is 18.3 Å². The van der Waals surface area contributed by atoms with Crippen molar-refractivity contribution in [2.45, 2.75) is 40.3 Å². The van der Waals surface area contributed by atoms with Gasteiger partial charge in [0.05, 0.1) is 25.4 Å². The van der Waals surface area contributed by atoms with Gasteiger partial charge in [-0.25, -0.2) is 4.68 Å². The monoisotopic (exact) mass is 495 g/mol. The van der Waals surface area contributed by atoms with Crippen LogP contribution >= 0.6 is 0 Å². The SMILES string of the molecule is COc1ccc(Oc2c(CN(CC(C)C)C[C@@H](O)COCC(C)C)c(-c3ccccc3)nn2C)cc1. The topological polar surface area (TPSA) is 69.0 Å². The van der Waals surface area contributed by atoms with Crippen LogP contribution in [0.3, 0.4) is 0 Å². The first-order valence-electron chi connectivity index (χ1n) is 12.7. The van der Waals surface area contributed by atoms with Crippen LogP contribution in [0.25, 0.3) is 11.3 Å². The Kier molecular flexibility index (Phi) is 10.3. The molecule has 0 bridgehead atoms. The lowest BCUT2D eigenvalue weighted by Crippen LogP contribution is -2.37. The molecule has 3 rings (SSSR count). The molecule has 0 saturated heterocycles. The maximum absolute atomic E-state index is 10.7. The summed E-state index contributed by atoms with van der Waals surface area (Å²) >= 11 is 0. The fraction of sp³-hybridized carbons (Fsp3) is 0.483. The fourth-order valence-corrected chi connectivity index (χ4v) is 4.14. The lowest BCUT2D eigenvalue weighted by Gasteiger charge is -2.27. The third kappa shape index (κ3) is 8.08. The molecule has 0 spiro atoms. The van der Waals surface area contributed by atoms with E-state index >= 15 is 0 Å². The second-order valence-electron chi connectivity index (χ2n) is 10.1. The number of hydrogen-bond donors (Lipinski definition) is 1. The highest BCUT2D eigenvalue weighted by Crippen LogP contribution is 2.34. The van der Waals surface area contributed by atoms with E-state index in [2.05, 4.69) is 44.7 Å². The van der Waals surface area contributed by atoms with E-state index < -0.39 is 6.10 Å². The number of benzene rings is 2. The van der Waals surface area contributed by atoms with Gasteiger partial charge in [0, 0.05) is 38.9 Å². The fourth-order valence-electron chi connectivity index (χ4n) is 4.14. The number of nitrogens with zero attached hydrogens (tertiary/aromatic N) is 3. The molecule has 0 radical (unpaired) electrons. The van der Waals surface area contributed by atoms with Crippen molar-refractivity contribution in [3.05, 3.63) is 60.2 Å².